The molecule has 0 saturated heterocycles. The summed E-state index contributed by atoms with van der Waals surface area (Å²) >= 11 is 0. The molecule has 0 bridgehead atoms. The van der Waals surface area contributed by atoms with Crippen LogP contribution in [0.15, 0.2) is 42.5 Å². The second-order valence-corrected chi connectivity index (χ2v) is 4.40. The lowest BCUT2D eigenvalue weighted by atomic mass is 10.1. The van der Waals surface area contributed by atoms with Crippen LogP contribution >= 0.6 is 0 Å². The smallest absolute Gasteiger partial charge is 0.165 e. The van der Waals surface area contributed by atoms with Crippen molar-refractivity contribution in [2.75, 3.05) is 0 Å². The van der Waals surface area contributed by atoms with Crippen molar-refractivity contribution in [3.8, 4) is 5.75 Å². The molecular weight excluding hydrogens is 248 g/mol. The van der Waals surface area contributed by atoms with Crippen molar-refractivity contribution >= 4 is 0 Å². The van der Waals surface area contributed by atoms with E-state index in [0.29, 0.717) is 12.1 Å². The predicted octanol–water partition coefficient (Wildman–Crippen LogP) is 3.52. The van der Waals surface area contributed by atoms with Gasteiger partial charge in [0.2, 0.25) is 0 Å². The zero-order valence-electron chi connectivity index (χ0n) is 10.5. The lowest BCUT2D eigenvalue weighted by molar-refractivity contribution is 0.421. The highest BCUT2D eigenvalue weighted by Crippen LogP contribution is 2.21. The highest BCUT2D eigenvalue weighted by molar-refractivity contribution is 5.33. The first-order valence-corrected chi connectivity index (χ1v) is 6.03. The summed E-state index contributed by atoms with van der Waals surface area (Å²) in [5, 5.41) is 12.7. The van der Waals surface area contributed by atoms with Gasteiger partial charge >= 0.3 is 0 Å². The first kappa shape index (κ1) is 13.5. The number of phenols is 1. The largest absolute Gasteiger partial charge is 0.505 e. The number of hydrogen-bond acceptors (Lipinski definition) is 2. The minimum atomic E-state index is -0.631. The second kappa shape index (κ2) is 5.80. The van der Waals surface area contributed by atoms with Crippen molar-refractivity contribution in [1.82, 2.24) is 5.32 Å². The quantitative estimate of drug-likeness (QED) is 0.884. The Labute approximate surface area is 110 Å². The van der Waals surface area contributed by atoms with Crippen molar-refractivity contribution in [3.05, 3.63) is 65.2 Å². The van der Waals surface area contributed by atoms with Gasteiger partial charge in [-0.15, -0.1) is 0 Å². The van der Waals surface area contributed by atoms with Gasteiger partial charge in [0, 0.05) is 18.2 Å². The van der Waals surface area contributed by atoms with Crippen LogP contribution in [0.2, 0.25) is 0 Å². The van der Waals surface area contributed by atoms with E-state index in [9.17, 15) is 13.9 Å². The summed E-state index contributed by atoms with van der Waals surface area (Å²) in [6.07, 6.45) is 0. The zero-order valence-corrected chi connectivity index (χ0v) is 10.5. The van der Waals surface area contributed by atoms with Crippen LogP contribution in [0.3, 0.4) is 0 Å². The van der Waals surface area contributed by atoms with Gasteiger partial charge in [0.1, 0.15) is 5.82 Å². The summed E-state index contributed by atoms with van der Waals surface area (Å²) < 4.78 is 26.0. The molecule has 2 nitrogen and oxygen atoms in total. The van der Waals surface area contributed by atoms with Gasteiger partial charge in [-0.05, 0) is 30.7 Å². The molecule has 0 radical (unpaired) electrons. The zero-order chi connectivity index (χ0) is 13.8. The Balaban J connectivity index is 2.02. The molecular formula is C15H15F2NO. The molecule has 2 aromatic rings. The van der Waals surface area contributed by atoms with E-state index in [1.165, 1.54) is 18.2 Å². The lowest BCUT2D eigenvalue weighted by Crippen LogP contribution is -2.18. The molecule has 0 unspecified atom stereocenters. The molecule has 0 saturated carbocycles. The minimum Gasteiger partial charge on any atom is -0.505 e. The van der Waals surface area contributed by atoms with E-state index in [1.807, 2.05) is 6.92 Å². The van der Waals surface area contributed by atoms with E-state index in [2.05, 4.69) is 5.32 Å². The molecule has 19 heavy (non-hydrogen) atoms. The van der Waals surface area contributed by atoms with Gasteiger partial charge in [0.25, 0.3) is 0 Å². The molecule has 100 valence electrons. The van der Waals surface area contributed by atoms with Crippen LogP contribution in [-0.4, -0.2) is 5.11 Å². The molecule has 2 N–H and O–H groups in total. The number of para-hydroxylation sites is 1. The Kier molecular flexibility index (Phi) is 4.12. The maximum atomic E-state index is 13.2. The summed E-state index contributed by atoms with van der Waals surface area (Å²) in [5.41, 5.74) is 1.42. The van der Waals surface area contributed by atoms with Gasteiger partial charge in [-0.25, -0.2) is 8.78 Å². The van der Waals surface area contributed by atoms with Crippen molar-refractivity contribution in [2.24, 2.45) is 0 Å². The van der Waals surface area contributed by atoms with Gasteiger partial charge in [-0.3, -0.25) is 0 Å². The number of aromatic hydroxyl groups is 1. The van der Waals surface area contributed by atoms with E-state index in [-0.39, 0.29) is 17.6 Å². The number of rotatable bonds is 4. The van der Waals surface area contributed by atoms with E-state index in [1.54, 1.807) is 24.3 Å². The van der Waals surface area contributed by atoms with Crippen molar-refractivity contribution in [2.45, 2.75) is 19.5 Å². The Morgan fingerprint density at radius 2 is 1.79 bits per heavy atom. The number of benzene rings is 2. The third-order valence-corrected chi connectivity index (χ3v) is 3.04. The van der Waals surface area contributed by atoms with Gasteiger partial charge < -0.3 is 10.4 Å². The van der Waals surface area contributed by atoms with Crippen LogP contribution in [-0.2, 0) is 6.54 Å². The molecule has 0 aromatic heterocycles. The van der Waals surface area contributed by atoms with Crippen molar-refractivity contribution in [3.63, 3.8) is 0 Å². The van der Waals surface area contributed by atoms with Crippen LogP contribution in [0.1, 0.15) is 24.1 Å². The fraction of sp³-hybridized carbons (Fsp3) is 0.200. The Morgan fingerprint density at radius 3 is 2.47 bits per heavy atom. The summed E-state index contributed by atoms with van der Waals surface area (Å²) in [7, 11) is 0. The fourth-order valence-corrected chi connectivity index (χ4v) is 1.84. The van der Waals surface area contributed by atoms with Gasteiger partial charge in [-0.2, -0.15) is 0 Å². The van der Waals surface area contributed by atoms with Crippen LogP contribution < -0.4 is 5.32 Å². The van der Waals surface area contributed by atoms with E-state index in [0.717, 1.165) is 5.56 Å². The molecule has 0 aliphatic rings. The number of nitrogens with one attached hydrogen (secondary N) is 1. The molecule has 0 fully saturated rings. The normalized spacial score (nSPS) is 12.4. The maximum Gasteiger partial charge on any atom is 0.165 e. The highest BCUT2D eigenvalue weighted by Gasteiger charge is 2.09. The van der Waals surface area contributed by atoms with Gasteiger partial charge in [0.15, 0.2) is 11.6 Å². The Bertz CT molecular complexity index is 555. The van der Waals surface area contributed by atoms with E-state index < -0.39 is 5.82 Å². The first-order valence-electron chi connectivity index (χ1n) is 6.03. The molecule has 0 spiro atoms. The molecule has 1 atom stereocenters. The molecule has 0 aliphatic heterocycles. The van der Waals surface area contributed by atoms with Crippen LogP contribution in [0, 0.1) is 11.6 Å². The van der Waals surface area contributed by atoms with Crippen LogP contribution in [0.4, 0.5) is 8.78 Å². The Hall–Kier alpha value is -1.94. The molecule has 2 aromatic carbocycles. The van der Waals surface area contributed by atoms with Gasteiger partial charge in [0.05, 0.1) is 0 Å². The minimum absolute atomic E-state index is 0.0248. The standard InChI is InChI=1S/C15H15F2NO/c1-10(11-5-7-13(16)8-6-11)18-9-12-3-2-4-14(17)15(12)19/h2-8,10,18-19H,9H2,1H3/t10-/m0/s1. The van der Waals surface area contributed by atoms with E-state index >= 15 is 0 Å². The lowest BCUT2D eigenvalue weighted by Gasteiger charge is -2.15. The molecule has 0 amide bonds. The Morgan fingerprint density at radius 1 is 1.11 bits per heavy atom. The van der Waals surface area contributed by atoms with E-state index in [4.69, 9.17) is 0 Å². The second-order valence-electron chi connectivity index (χ2n) is 4.40. The predicted molar refractivity (Wildman–Crippen MR) is 69.7 cm³/mol. The third kappa shape index (κ3) is 3.29. The average molecular weight is 263 g/mol. The summed E-state index contributed by atoms with van der Waals surface area (Å²) in [6.45, 7) is 2.26. The van der Waals surface area contributed by atoms with Crippen LogP contribution in [0.5, 0.6) is 5.75 Å². The number of hydrogen-bond donors (Lipinski definition) is 2. The number of halogens is 2. The average Bonchev–Trinajstić information content (AvgIpc) is 2.41. The SMILES string of the molecule is C[C@H](NCc1cccc(F)c1O)c1ccc(F)cc1. The monoisotopic (exact) mass is 263 g/mol. The van der Waals surface area contributed by atoms with Crippen molar-refractivity contribution < 1.29 is 13.9 Å². The van der Waals surface area contributed by atoms with Crippen LogP contribution in [0.25, 0.3) is 0 Å². The summed E-state index contributed by atoms with van der Waals surface area (Å²) in [6, 6.07) is 10.6. The van der Waals surface area contributed by atoms with Crippen molar-refractivity contribution in [1.29, 1.82) is 0 Å². The topological polar surface area (TPSA) is 32.3 Å². The summed E-state index contributed by atoms with van der Waals surface area (Å²) in [5.74, 6) is -1.24. The molecule has 4 heteroatoms. The highest BCUT2D eigenvalue weighted by atomic mass is 19.1. The summed E-state index contributed by atoms with van der Waals surface area (Å²) in [4.78, 5) is 0. The first-order chi connectivity index (χ1) is 9.08. The molecule has 2 rings (SSSR count). The third-order valence-electron chi connectivity index (χ3n) is 3.04. The molecule has 0 heterocycles. The van der Waals surface area contributed by atoms with Gasteiger partial charge in [-0.1, -0.05) is 24.3 Å². The fourth-order valence-electron chi connectivity index (χ4n) is 1.84. The maximum absolute atomic E-state index is 13.2. The number of phenolic OH excluding ortho intramolecular Hbond substituents is 1. The molecule has 0 aliphatic carbocycles.